The quantitative estimate of drug-likeness (QED) is 0.797. The number of carbonyl (C=O) groups is 1. The molecule has 0 atom stereocenters. The minimum Gasteiger partial charge on any atom is -0.477 e. The molecule has 0 aliphatic carbocycles. The molecule has 1 aromatic carbocycles. The van der Waals surface area contributed by atoms with Crippen molar-refractivity contribution in [3.8, 4) is 16.3 Å². The second-order valence-electron chi connectivity index (χ2n) is 4.88. The van der Waals surface area contributed by atoms with Crippen molar-refractivity contribution in [3.05, 3.63) is 58.6 Å². The lowest BCUT2D eigenvalue weighted by atomic mass is 10.1. The molecule has 1 N–H and O–H groups in total. The highest BCUT2D eigenvalue weighted by atomic mass is 32.1. The molecule has 2 heterocycles. The summed E-state index contributed by atoms with van der Waals surface area (Å²) in [5.74, 6) is -0.983. The van der Waals surface area contributed by atoms with Crippen molar-refractivity contribution >= 4 is 17.3 Å². The van der Waals surface area contributed by atoms with Gasteiger partial charge in [0.05, 0.1) is 10.6 Å². The van der Waals surface area contributed by atoms with Crippen LogP contribution >= 0.6 is 11.3 Å². The highest BCUT2D eigenvalue weighted by Crippen LogP contribution is 2.26. The lowest BCUT2D eigenvalue weighted by Crippen LogP contribution is -2.08. The first-order chi connectivity index (χ1) is 10.1. The van der Waals surface area contributed by atoms with Gasteiger partial charge in [-0.2, -0.15) is 5.10 Å². The van der Waals surface area contributed by atoms with E-state index >= 15 is 0 Å². The smallest absolute Gasteiger partial charge is 0.354 e. The normalized spacial score (nSPS) is 10.8. The Hall–Kier alpha value is -2.40. The van der Waals surface area contributed by atoms with Gasteiger partial charge in [-0.05, 0) is 48.6 Å². The van der Waals surface area contributed by atoms with Crippen molar-refractivity contribution in [2.75, 3.05) is 0 Å². The van der Waals surface area contributed by atoms with Crippen LogP contribution < -0.4 is 0 Å². The maximum atomic E-state index is 11.5. The largest absolute Gasteiger partial charge is 0.477 e. The molecule has 3 aromatic rings. The van der Waals surface area contributed by atoms with E-state index < -0.39 is 5.97 Å². The van der Waals surface area contributed by atoms with Crippen molar-refractivity contribution in [1.29, 1.82) is 0 Å². The number of carboxylic acids is 1. The van der Waals surface area contributed by atoms with Crippen molar-refractivity contribution in [3.63, 3.8) is 0 Å². The first-order valence-electron chi connectivity index (χ1n) is 6.51. The fourth-order valence-electron chi connectivity index (χ4n) is 2.13. The zero-order chi connectivity index (χ0) is 15.0. The fourth-order valence-corrected chi connectivity index (χ4v) is 2.81. The van der Waals surface area contributed by atoms with Crippen LogP contribution in [0.3, 0.4) is 0 Å². The number of carboxylic acid groups (broad SMARTS) is 1. The molecule has 2 aromatic heterocycles. The average Bonchev–Trinajstić information content (AvgIpc) is 3.09. The fraction of sp³-hybridized carbons (Fsp3) is 0.125. The number of aromatic carboxylic acids is 1. The van der Waals surface area contributed by atoms with Crippen molar-refractivity contribution in [1.82, 2.24) is 9.78 Å². The van der Waals surface area contributed by atoms with E-state index in [4.69, 9.17) is 0 Å². The third kappa shape index (κ3) is 2.48. The van der Waals surface area contributed by atoms with Crippen molar-refractivity contribution in [2.45, 2.75) is 13.8 Å². The van der Waals surface area contributed by atoms with E-state index in [1.54, 1.807) is 17.4 Å². The Labute approximate surface area is 126 Å². The first-order valence-corrected chi connectivity index (χ1v) is 7.39. The molecule has 5 heteroatoms. The Morgan fingerprint density at radius 2 is 2.00 bits per heavy atom. The van der Waals surface area contributed by atoms with Gasteiger partial charge in [-0.3, -0.25) is 0 Å². The van der Waals surface area contributed by atoms with Crippen LogP contribution in [0, 0.1) is 13.8 Å². The van der Waals surface area contributed by atoms with Crippen LogP contribution in [-0.4, -0.2) is 20.9 Å². The molecule has 0 amide bonds. The van der Waals surface area contributed by atoms with E-state index in [9.17, 15) is 9.90 Å². The van der Waals surface area contributed by atoms with Gasteiger partial charge in [0.2, 0.25) is 0 Å². The SMILES string of the molecule is Cc1ccc(-n2nc(-c3cccs3)cc2C(=O)O)cc1C. The molecule has 4 nitrogen and oxygen atoms in total. The minimum absolute atomic E-state index is 0.168. The van der Waals surface area contributed by atoms with E-state index in [-0.39, 0.29) is 5.69 Å². The van der Waals surface area contributed by atoms with Gasteiger partial charge in [0.1, 0.15) is 5.69 Å². The summed E-state index contributed by atoms with van der Waals surface area (Å²) >= 11 is 1.54. The monoisotopic (exact) mass is 298 g/mol. The highest BCUT2D eigenvalue weighted by molar-refractivity contribution is 7.13. The van der Waals surface area contributed by atoms with E-state index in [2.05, 4.69) is 5.10 Å². The molecule has 106 valence electrons. The average molecular weight is 298 g/mol. The third-order valence-corrected chi connectivity index (χ3v) is 4.33. The van der Waals surface area contributed by atoms with Gasteiger partial charge in [-0.25, -0.2) is 9.48 Å². The molecule has 0 unspecified atom stereocenters. The molecule has 0 bridgehead atoms. The maximum Gasteiger partial charge on any atom is 0.354 e. The Bertz CT molecular complexity index is 804. The number of hydrogen-bond donors (Lipinski definition) is 1. The van der Waals surface area contributed by atoms with Crippen LogP contribution in [0.15, 0.2) is 41.8 Å². The van der Waals surface area contributed by atoms with Crippen LogP contribution in [0.2, 0.25) is 0 Å². The lowest BCUT2D eigenvalue weighted by molar-refractivity contribution is 0.0687. The van der Waals surface area contributed by atoms with Crippen LogP contribution in [0.1, 0.15) is 21.6 Å². The standard InChI is InChI=1S/C16H14N2O2S/c1-10-5-6-12(8-11(10)2)18-14(16(19)20)9-13(17-18)15-4-3-7-21-15/h3-9H,1-2H3,(H,19,20). The summed E-state index contributed by atoms with van der Waals surface area (Å²) in [5, 5.41) is 15.8. The minimum atomic E-state index is -0.983. The summed E-state index contributed by atoms with van der Waals surface area (Å²) in [6, 6.07) is 11.3. The topological polar surface area (TPSA) is 55.1 Å². The second-order valence-corrected chi connectivity index (χ2v) is 5.83. The summed E-state index contributed by atoms with van der Waals surface area (Å²) in [7, 11) is 0. The maximum absolute atomic E-state index is 11.5. The Balaban J connectivity index is 2.16. The zero-order valence-corrected chi connectivity index (χ0v) is 12.5. The van der Waals surface area contributed by atoms with Gasteiger partial charge in [-0.15, -0.1) is 11.3 Å². The Morgan fingerprint density at radius 1 is 1.19 bits per heavy atom. The number of benzene rings is 1. The van der Waals surface area contributed by atoms with E-state index in [1.165, 1.54) is 10.2 Å². The molecule has 0 spiro atoms. The summed E-state index contributed by atoms with van der Waals surface area (Å²) in [6.07, 6.45) is 0. The van der Waals surface area contributed by atoms with Gasteiger partial charge in [0, 0.05) is 6.07 Å². The van der Waals surface area contributed by atoms with Crippen LogP contribution in [-0.2, 0) is 0 Å². The molecule has 0 fully saturated rings. The number of rotatable bonds is 3. The molecule has 0 aliphatic heterocycles. The molecule has 0 saturated heterocycles. The highest BCUT2D eigenvalue weighted by Gasteiger charge is 2.17. The molecule has 3 rings (SSSR count). The van der Waals surface area contributed by atoms with E-state index in [0.717, 1.165) is 16.1 Å². The van der Waals surface area contributed by atoms with Crippen LogP contribution in [0.25, 0.3) is 16.3 Å². The van der Waals surface area contributed by atoms with Gasteiger partial charge in [-0.1, -0.05) is 12.1 Å². The van der Waals surface area contributed by atoms with E-state index in [0.29, 0.717) is 5.69 Å². The van der Waals surface area contributed by atoms with Gasteiger partial charge >= 0.3 is 5.97 Å². The summed E-state index contributed by atoms with van der Waals surface area (Å²) in [5.41, 5.74) is 3.89. The van der Waals surface area contributed by atoms with Gasteiger partial charge in [0.15, 0.2) is 5.69 Å². The molecule has 0 saturated carbocycles. The number of aryl methyl sites for hydroxylation is 2. The number of hydrogen-bond acceptors (Lipinski definition) is 3. The lowest BCUT2D eigenvalue weighted by Gasteiger charge is -2.07. The van der Waals surface area contributed by atoms with E-state index in [1.807, 2.05) is 49.6 Å². The number of aromatic nitrogens is 2. The molecule has 21 heavy (non-hydrogen) atoms. The van der Waals surface area contributed by atoms with Gasteiger partial charge in [0.25, 0.3) is 0 Å². The third-order valence-electron chi connectivity index (χ3n) is 3.44. The Morgan fingerprint density at radius 3 is 2.62 bits per heavy atom. The summed E-state index contributed by atoms with van der Waals surface area (Å²) < 4.78 is 1.49. The second kappa shape index (κ2) is 5.18. The predicted octanol–water partition coefficient (Wildman–Crippen LogP) is 3.92. The molecule has 0 radical (unpaired) electrons. The van der Waals surface area contributed by atoms with Crippen molar-refractivity contribution in [2.24, 2.45) is 0 Å². The van der Waals surface area contributed by atoms with Crippen molar-refractivity contribution < 1.29 is 9.90 Å². The molecular formula is C16H14N2O2S. The zero-order valence-electron chi connectivity index (χ0n) is 11.7. The van der Waals surface area contributed by atoms with Crippen LogP contribution in [0.4, 0.5) is 0 Å². The van der Waals surface area contributed by atoms with Crippen LogP contribution in [0.5, 0.6) is 0 Å². The molecule has 0 aliphatic rings. The predicted molar refractivity (Wildman–Crippen MR) is 83.3 cm³/mol. The first kappa shape index (κ1) is 13.6. The number of nitrogens with zero attached hydrogens (tertiary/aromatic N) is 2. The Kier molecular flexibility index (Phi) is 3.35. The summed E-state index contributed by atoms with van der Waals surface area (Å²) in [6.45, 7) is 4.03. The summed E-state index contributed by atoms with van der Waals surface area (Å²) in [4.78, 5) is 12.4. The number of thiophene rings is 1. The van der Waals surface area contributed by atoms with Gasteiger partial charge < -0.3 is 5.11 Å². The molecular weight excluding hydrogens is 284 g/mol.